The van der Waals surface area contributed by atoms with Crippen molar-refractivity contribution in [2.24, 2.45) is 5.41 Å². The second-order valence-electron chi connectivity index (χ2n) is 6.68. The monoisotopic (exact) mass is 301 g/mol. The van der Waals surface area contributed by atoms with Crippen LogP contribution in [0.3, 0.4) is 0 Å². The Morgan fingerprint density at radius 2 is 1.95 bits per heavy atom. The molecule has 0 saturated heterocycles. The fourth-order valence-electron chi connectivity index (χ4n) is 2.51. The van der Waals surface area contributed by atoms with Crippen LogP contribution in [0.1, 0.15) is 44.6 Å². The third-order valence-corrected chi connectivity index (χ3v) is 4.17. The van der Waals surface area contributed by atoms with Crippen LogP contribution < -0.4 is 5.32 Å². The van der Waals surface area contributed by atoms with E-state index in [1.807, 2.05) is 19.3 Å². The van der Waals surface area contributed by atoms with Crippen LogP contribution in [0.15, 0.2) is 36.7 Å². The van der Waals surface area contributed by atoms with Crippen molar-refractivity contribution >= 4 is 0 Å². The number of benzene rings is 1. The van der Waals surface area contributed by atoms with E-state index in [1.54, 1.807) is 0 Å². The van der Waals surface area contributed by atoms with Gasteiger partial charge in [0.1, 0.15) is 5.82 Å². The Hall–Kier alpha value is -1.65. The lowest BCUT2D eigenvalue weighted by Gasteiger charge is -2.26. The van der Waals surface area contributed by atoms with E-state index in [-0.39, 0.29) is 18.1 Å². The fourth-order valence-corrected chi connectivity index (χ4v) is 2.51. The van der Waals surface area contributed by atoms with Crippen molar-refractivity contribution in [3.05, 3.63) is 48.0 Å². The van der Waals surface area contributed by atoms with Crippen molar-refractivity contribution in [2.75, 3.05) is 13.2 Å². The smallest absolute Gasteiger partial charge is 0.110 e. The number of nitrogens with zero attached hydrogens (tertiary/aromatic N) is 2. The summed E-state index contributed by atoms with van der Waals surface area (Å²) in [5.41, 5.74) is 2.50. The molecule has 0 saturated carbocycles. The molecule has 0 amide bonds. The van der Waals surface area contributed by atoms with Crippen molar-refractivity contribution in [2.45, 2.75) is 40.2 Å². The molecule has 1 heterocycles. The van der Waals surface area contributed by atoms with E-state index in [1.165, 1.54) is 5.56 Å². The highest BCUT2D eigenvalue weighted by Gasteiger charge is 2.18. The Labute approximate surface area is 133 Å². The number of aromatic nitrogens is 2. The number of nitrogens with one attached hydrogen (secondary N) is 1. The van der Waals surface area contributed by atoms with Gasteiger partial charge in [-0.15, -0.1) is 0 Å². The molecule has 1 aromatic heterocycles. The first-order valence-electron chi connectivity index (χ1n) is 7.87. The van der Waals surface area contributed by atoms with E-state index in [0.29, 0.717) is 0 Å². The van der Waals surface area contributed by atoms with E-state index >= 15 is 0 Å². The molecule has 0 bridgehead atoms. The summed E-state index contributed by atoms with van der Waals surface area (Å²) in [6.45, 7) is 9.65. The lowest BCUT2D eigenvalue weighted by molar-refractivity contribution is 0.204. The summed E-state index contributed by atoms with van der Waals surface area (Å²) in [6, 6.07) is 8.86. The Kier molecular flexibility index (Phi) is 5.37. The summed E-state index contributed by atoms with van der Waals surface area (Å²) < 4.78 is 2.08. The van der Waals surface area contributed by atoms with Crippen molar-refractivity contribution in [3.8, 4) is 5.69 Å². The molecule has 0 spiro atoms. The quantitative estimate of drug-likeness (QED) is 0.825. The van der Waals surface area contributed by atoms with Crippen LogP contribution in [-0.4, -0.2) is 27.8 Å². The van der Waals surface area contributed by atoms with Crippen LogP contribution in [0.2, 0.25) is 0 Å². The topological polar surface area (TPSA) is 50.1 Å². The maximum absolute atomic E-state index is 9.09. The molecule has 0 aliphatic heterocycles. The molecule has 2 N–H and O–H groups in total. The van der Waals surface area contributed by atoms with Crippen LogP contribution in [0.5, 0.6) is 0 Å². The van der Waals surface area contributed by atoms with Gasteiger partial charge >= 0.3 is 0 Å². The third-order valence-electron chi connectivity index (χ3n) is 4.17. The summed E-state index contributed by atoms with van der Waals surface area (Å²) >= 11 is 0. The van der Waals surface area contributed by atoms with Gasteiger partial charge in [0.15, 0.2) is 0 Å². The van der Waals surface area contributed by atoms with Crippen LogP contribution in [0, 0.1) is 12.3 Å². The molecule has 0 radical (unpaired) electrons. The first kappa shape index (κ1) is 16.7. The molecule has 22 heavy (non-hydrogen) atoms. The molecule has 1 unspecified atom stereocenters. The van der Waals surface area contributed by atoms with Crippen molar-refractivity contribution < 1.29 is 5.11 Å². The van der Waals surface area contributed by atoms with Gasteiger partial charge in [0.05, 0.1) is 0 Å². The minimum atomic E-state index is 0.108. The molecular formula is C18H27N3O. The minimum Gasteiger partial charge on any atom is -0.396 e. The summed E-state index contributed by atoms with van der Waals surface area (Å²) in [7, 11) is 0. The van der Waals surface area contributed by atoms with Gasteiger partial charge in [0, 0.05) is 37.3 Å². The molecule has 2 rings (SSSR count). The number of rotatable bonds is 7. The molecule has 1 atom stereocenters. The summed E-state index contributed by atoms with van der Waals surface area (Å²) in [6.07, 6.45) is 4.60. The second kappa shape index (κ2) is 7.07. The van der Waals surface area contributed by atoms with Crippen molar-refractivity contribution in [1.29, 1.82) is 0 Å². The fraction of sp³-hybridized carbons (Fsp3) is 0.500. The maximum atomic E-state index is 9.09. The van der Waals surface area contributed by atoms with Crippen LogP contribution in [0.4, 0.5) is 0 Å². The van der Waals surface area contributed by atoms with Gasteiger partial charge in [-0.05, 0) is 43.4 Å². The van der Waals surface area contributed by atoms with Gasteiger partial charge in [-0.1, -0.05) is 26.0 Å². The molecule has 4 heteroatoms. The third kappa shape index (κ3) is 4.18. The highest BCUT2D eigenvalue weighted by Crippen LogP contribution is 2.21. The highest BCUT2D eigenvalue weighted by molar-refractivity contribution is 5.36. The van der Waals surface area contributed by atoms with Gasteiger partial charge in [-0.2, -0.15) is 0 Å². The average molecular weight is 301 g/mol. The van der Waals surface area contributed by atoms with Crippen LogP contribution in [0.25, 0.3) is 5.69 Å². The van der Waals surface area contributed by atoms with Crippen LogP contribution >= 0.6 is 0 Å². The molecule has 1 aromatic carbocycles. The van der Waals surface area contributed by atoms with Crippen molar-refractivity contribution in [3.63, 3.8) is 0 Å². The number of imidazole rings is 1. The Morgan fingerprint density at radius 1 is 1.27 bits per heavy atom. The molecule has 2 aromatic rings. The van der Waals surface area contributed by atoms with Gasteiger partial charge in [0.25, 0.3) is 0 Å². The first-order valence-corrected chi connectivity index (χ1v) is 7.87. The van der Waals surface area contributed by atoms with E-state index < -0.39 is 0 Å². The first-order chi connectivity index (χ1) is 10.4. The van der Waals surface area contributed by atoms with Gasteiger partial charge < -0.3 is 15.0 Å². The lowest BCUT2D eigenvalue weighted by Crippen LogP contribution is -2.32. The zero-order valence-electron chi connectivity index (χ0n) is 14.0. The Balaban J connectivity index is 2.00. The minimum absolute atomic E-state index is 0.108. The lowest BCUT2D eigenvalue weighted by atomic mass is 9.89. The summed E-state index contributed by atoms with van der Waals surface area (Å²) in [5, 5.41) is 12.7. The highest BCUT2D eigenvalue weighted by atomic mass is 16.3. The van der Waals surface area contributed by atoms with E-state index in [9.17, 15) is 0 Å². The summed E-state index contributed by atoms with van der Waals surface area (Å²) in [4.78, 5) is 4.25. The van der Waals surface area contributed by atoms with Gasteiger partial charge in [-0.3, -0.25) is 0 Å². The van der Waals surface area contributed by atoms with Gasteiger partial charge in [-0.25, -0.2) is 4.98 Å². The van der Waals surface area contributed by atoms with Crippen LogP contribution in [-0.2, 0) is 0 Å². The van der Waals surface area contributed by atoms with E-state index in [0.717, 1.165) is 24.5 Å². The average Bonchev–Trinajstić information content (AvgIpc) is 2.91. The Bertz CT molecular complexity index is 587. The number of hydrogen-bond acceptors (Lipinski definition) is 3. The maximum Gasteiger partial charge on any atom is 0.110 e. The molecule has 0 fully saturated rings. The number of aliphatic hydroxyl groups excluding tert-OH is 1. The number of aryl methyl sites for hydroxylation is 1. The summed E-state index contributed by atoms with van der Waals surface area (Å²) in [5.74, 6) is 0.990. The normalized spacial score (nSPS) is 13.3. The molecule has 0 aliphatic rings. The predicted molar refractivity (Wildman–Crippen MR) is 90.2 cm³/mol. The van der Waals surface area contributed by atoms with E-state index in [2.05, 4.69) is 59.9 Å². The molecule has 120 valence electrons. The number of aliphatic hydroxyl groups is 1. The second-order valence-corrected chi connectivity index (χ2v) is 6.68. The number of hydrogen-bond donors (Lipinski definition) is 2. The molecule has 0 aliphatic carbocycles. The zero-order valence-corrected chi connectivity index (χ0v) is 14.0. The SMILES string of the molecule is Cc1nccn1-c1ccc(C(C)NCC(C)(C)CCO)cc1. The van der Waals surface area contributed by atoms with E-state index in [4.69, 9.17) is 5.11 Å². The largest absolute Gasteiger partial charge is 0.396 e. The molecule has 4 nitrogen and oxygen atoms in total. The van der Waals surface area contributed by atoms with Gasteiger partial charge in [0.2, 0.25) is 0 Å². The zero-order chi connectivity index (χ0) is 16.2. The predicted octanol–water partition coefficient (Wildman–Crippen LogP) is 3.24. The Morgan fingerprint density at radius 3 is 2.50 bits per heavy atom. The molecular weight excluding hydrogens is 274 g/mol. The standard InChI is InChI=1S/C18H27N3O/c1-14(20-13-18(3,4)9-12-22)16-5-7-17(8-6-16)21-11-10-19-15(21)2/h5-8,10-11,14,20,22H,9,12-13H2,1-4H3. The van der Waals surface area contributed by atoms with Crippen molar-refractivity contribution in [1.82, 2.24) is 14.9 Å².